The van der Waals surface area contributed by atoms with Crippen LogP contribution in [0.3, 0.4) is 0 Å². The summed E-state index contributed by atoms with van der Waals surface area (Å²) >= 11 is 0. The van der Waals surface area contributed by atoms with Crippen LogP contribution in [0.1, 0.15) is 36.8 Å². The van der Waals surface area contributed by atoms with Crippen molar-refractivity contribution >= 4 is 0 Å². The highest BCUT2D eigenvalue weighted by atomic mass is 16.5. The molecule has 2 saturated heterocycles. The van der Waals surface area contributed by atoms with Crippen molar-refractivity contribution in [3.8, 4) is 22.6 Å². The number of rotatable bonds is 11. The molecule has 2 aliphatic rings. The Morgan fingerprint density at radius 3 is 1.56 bits per heavy atom. The topological polar surface area (TPSA) is 65.4 Å². The molecule has 0 radical (unpaired) electrons. The second kappa shape index (κ2) is 12.0. The molecular formula is C28H40N2O4. The molecule has 6 heteroatoms. The number of hydrogen-bond acceptors (Lipinski definition) is 6. The van der Waals surface area contributed by atoms with Crippen LogP contribution in [0.25, 0.3) is 11.1 Å². The van der Waals surface area contributed by atoms with Gasteiger partial charge in [0.05, 0.1) is 25.4 Å². The Kier molecular flexibility index (Phi) is 8.84. The molecule has 0 spiro atoms. The lowest BCUT2D eigenvalue weighted by atomic mass is 9.95. The minimum atomic E-state index is -0.165. The third kappa shape index (κ3) is 6.51. The van der Waals surface area contributed by atoms with Gasteiger partial charge in [-0.2, -0.15) is 0 Å². The Bertz CT molecular complexity index is 859. The Morgan fingerprint density at radius 1 is 0.735 bits per heavy atom. The van der Waals surface area contributed by atoms with Crippen LogP contribution in [0.4, 0.5) is 0 Å². The highest BCUT2D eigenvalue weighted by molar-refractivity contribution is 5.74. The van der Waals surface area contributed by atoms with E-state index in [-0.39, 0.29) is 12.2 Å². The molecule has 2 fully saturated rings. The van der Waals surface area contributed by atoms with Gasteiger partial charge in [0.25, 0.3) is 0 Å². The number of nitrogens with zero attached hydrogens (tertiary/aromatic N) is 2. The molecule has 34 heavy (non-hydrogen) atoms. The normalized spacial score (nSPS) is 21.3. The van der Waals surface area contributed by atoms with Crippen molar-refractivity contribution in [3.05, 3.63) is 47.5 Å². The highest BCUT2D eigenvalue weighted by Crippen LogP contribution is 2.35. The molecule has 2 aromatic carbocycles. The van der Waals surface area contributed by atoms with Gasteiger partial charge < -0.3 is 29.5 Å². The maximum atomic E-state index is 9.67. The molecule has 2 heterocycles. The zero-order valence-electron chi connectivity index (χ0n) is 20.7. The zero-order chi connectivity index (χ0) is 23.9. The van der Waals surface area contributed by atoms with Crippen molar-refractivity contribution in [1.82, 2.24) is 9.80 Å². The van der Waals surface area contributed by atoms with Gasteiger partial charge in [0, 0.05) is 39.3 Å². The number of benzene rings is 2. The van der Waals surface area contributed by atoms with Gasteiger partial charge >= 0.3 is 0 Å². The molecule has 0 bridgehead atoms. The van der Waals surface area contributed by atoms with Crippen LogP contribution < -0.4 is 9.47 Å². The predicted octanol–water partition coefficient (Wildman–Crippen LogP) is 3.64. The fraction of sp³-hybridized carbons (Fsp3) is 0.571. The third-order valence-electron chi connectivity index (χ3n) is 7.11. The SMILES string of the molecule is Cc1c(OCCCN2CCC(O)C2)cccc1-c1cccc(OCCCN2CCC(O)C2)c1C. The van der Waals surface area contributed by atoms with Crippen LogP contribution >= 0.6 is 0 Å². The molecule has 0 aromatic heterocycles. The zero-order valence-corrected chi connectivity index (χ0v) is 20.7. The van der Waals surface area contributed by atoms with Crippen molar-refractivity contribution in [2.75, 3.05) is 52.5 Å². The number of hydrogen-bond donors (Lipinski definition) is 2. The van der Waals surface area contributed by atoms with E-state index in [1.165, 1.54) is 11.1 Å². The number of likely N-dealkylation sites (tertiary alicyclic amines) is 2. The number of aliphatic hydroxyl groups is 2. The minimum absolute atomic E-state index is 0.165. The van der Waals surface area contributed by atoms with Crippen LogP contribution in [-0.2, 0) is 0 Å². The molecule has 2 atom stereocenters. The van der Waals surface area contributed by atoms with Crippen LogP contribution in [0.2, 0.25) is 0 Å². The fourth-order valence-corrected chi connectivity index (χ4v) is 5.10. The lowest BCUT2D eigenvalue weighted by Crippen LogP contribution is -2.24. The Hall–Kier alpha value is -2.12. The van der Waals surface area contributed by atoms with Gasteiger partial charge in [0.2, 0.25) is 0 Å². The molecule has 0 amide bonds. The highest BCUT2D eigenvalue weighted by Gasteiger charge is 2.20. The maximum Gasteiger partial charge on any atom is 0.122 e. The molecule has 2 aliphatic heterocycles. The van der Waals surface area contributed by atoms with Crippen molar-refractivity contribution in [3.63, 3.8) is 0 Å². The number of β-amino-alcohol motifs (C(OH)–C–C–N with tert-alkyl or cyclic N) is 2. The van der Waals surface area contributed by atoms with Gasteiger partial charge in [0.15, 0.2) is 0 Å². The van der Waals surface area contributed by atoms with Crippen molar-refractivity contribution < 1.29 is 19.7 Å². The van der Waals surface area contributed by atoms with Gasteiger partial charge in [-0.15, -0.1) is 0 Å². The van der Waals surface area contributed by atoms with E-state index in [1.54, 1.807) is 0 Å². The smallest absolute Gasteiger partial charge is 0.122 e. The lowest BCUT2D eigenvalue weighted by molar-refractivity contribution is 0.172. The van der Waals surface area contributed by atoms with E-state index in [9.17, 15) is 10.2 Å². The number of ether oxygens (including phenoxy) is 2. The summed E-state index contributed by atoms with van der Waals surface area (Å²) in [4.78, 5) is 4.61. The van der Waals surface area contributed by atoms with Gasteiger partial charge in [-0.1, -0.05) is 24.3 Å². The summed E-state index contributed by atoms with van der Waals surface area (Å²) in [6.07, 6.45) is 3.34. The van der Waals surface area contributed by atoms with Gasteiger partial charge in [-0.25, -0.2) is 0 Å². The summed E-state index contributed by atoms with van der Waals surface area (Å²) in [6, 6.07) is 12.5. The molecule has 4 rings (SSSR count). The van der Waals surface area contributed by atoms with E-state index < -0.39 is 0 Å². The molecule has 6 nitrogen and oxygen atoms in total. The van der Waals surface area contributed by atoms with E-state index in [1.807, 2.05) is 12.1 Å². The standard InChI is InChI=1S/C28H40N2O4/c1-21-25(7-3-9-27(21)33-17-5-13-29-15-11-23(31)19-29)26-8-4-10-28(22(26)2)34-18-6-14-30-16-12-24(32)20-30/h3-4,7-10,23-24,31-32H,5-6,11-20H2,1-2H3. The van der Waals surface area contributed by atoms with E-state index in [0.29, 0.717) is 13.2 Å². The van der Waals surface area contributed by atoms with E-state index in [0.717, 1.165) is 87.6 Å². The van der Waals surface area contributed by atoms with Crippen molar-refractivity contribution in [2.24, 2.45) is 0 Å². The molecule has 2 aromatic rings. The van der Waals surface area contributed by atoms with Crippen molar-refractivity contribution in [2.45, 2.75) is 51.7 Å². The summed E-state index contributed by atoms with van der Waals surface area (Å²) in [7, 11) is 0. The first-order valence-corrected chi connectivity index (χ1v) is 12.8. The second-order valence-corrected chi connectivity index (χ2v) is 9.75. The first-order valence-electron chi connectivity index (χ1n) is 12.8. The number of aliphatic hydroxyl groups excluding tert-OH is 2. The first-order chi connectivity index (χ1) is 16.5. The van der Waals surface area contributed by atoms with E-state index in [4.69, 9.17) is 9.47 Å². The predicted molar refractivity (Wildman–Crippen MR) is 136 cm³/mol. The molecule has 186 valence electrons. The van der Waals surface area contributed by atoms with Gasteiger partial charge in [0.1, 0.15) is 11.5 Å². The van der Waals surface area contributed by atoms with Gasteiger partial charge in [-0.05, 0) is 73.9 Å². The Balaban J connectivity index is 1.32. The molecule has 0 aliphatic carbocycles. The summed E-state index contributed by atoms with van der Waals surface area (Å²) in [5, 5.41) is 19.3. The summed E-state index contributed by atoms with van der Waals surface area (Å²) in [5.74, 6) is 1.86. The van der Waals surface area contributed by atoms with E-state index in [2.05, 4.69) is 47.9 Å². The van der Waals surface area contributed by atoms with Crippen molar-refractivity contribution in [1.29, 1.82) is 0 Å². The van der Waals surface area contributed by atoms with E-state index >= 15 is 0 Å². The minimum Gasteiger partial charge on any atom is -0.493 e. The largest absolute Gasteiger partial charge is 0.493 e. The fourth-order valence-electron chi connectivity index (χ4n) is 5.10. The quantitative estimate of drug-likeness (QED) is 0.491. The van der Waals surface area contributed by atoms with Crippen LogP contribution in [0.5, 0.6) is 11.5 Å². The first kappa shape index (κ1) is 25.0. The third-order valence-corrected chi connectivity index (χ3v) is 7.11. The van der Waals surface area contributed by atoms with Crippen LogP contribution in [0, 0.1) is 13.8 Å². The Labute approximate surface area is 204 Å². The molecular weight excluding hydrogens is 428 g/mol. The molecule has 2 unspecified atom stereocenters. The summed E-state index contributed by atoms with van der Waals surface area (Å²) in [6.45, 7) is 11.1. The van der Waals surface area contributed by atoms with Crippen LogP contribution in [-0.4, -0.2) is 84.7 Å². The van der Waals surface area contributed by atoms with Gasteiger partial charge in [-0.3, -0.25) is 0 Å². The Morgan fingerprint density at radius 2 is 1.18 bits per heavy atom. The molecule has 0 saturated carbocycles. The monoisotopic (exact) mass is 468 g/mol. The average molecular weight is 469 g/mol. The average Bonchev–Trinajstić information content (AvgIpc) is 3.44. The summed E-state index contributed by atoms with van der Waals surface area (Å²) in [5.41, 5.74) is 4.64. The second-order valence-electron chi connectivity index (χ2n) is 9.75. The summed E-state index contributed by atoms with van der Waals surface area (Å²) < 4.78 is 12.3. The lowest BCUT2D eigenvalue weighted by Gasteiger charge is -2.18. The molecule has 2 N–H and O–H groups in total. The van der Waals surface area contributed by atoms with Crippen LogP contribution in [0.15, 0.2) is 36.4 Å². The maximum absolute atomic E-state index is 9.67.